The van der Waals surface area contributed by atoms with Crippen molar-refractivity contribution in [1.82, 2.24) is 14.8 Å². The van der Waals surface area contributed by atoms with E-state index >= 15 is 0 Å². The molecule has 3 aromatic rings. The molecule has 1 aromatic heterocycles. The molecule has 254 valence electrons. The summed E-state index contributed by atoms with van der Waals surface area (Å²) in [5, 5.41) is 12.7. The lowest BCUT2D eigenvalue weighted by Crippen LogP contribution is -2.53. The number of amides is 2. The number of methoxy groups -OCH3 is 1. The third-order valence-corrected chi connectivity index (χ3v) is 7.81. The lowest BCUT2D eigenvalue weighted by atomic mass is 10.0. The van der Waals surface area contributed by atoms with Crippen LogP contribution in [0.2, 0.25) is 0 Å². The van der Waals surface area contributed by atoms with E-state index in [9.17, 15) is 19.6 Å². The molecule has 0 saturated carbocycles. The molecule has 4 rings (SSSR count). The number of hydrogen-bond donors (Lipinski definition) is 1. The van der Waals surface area contributed by atoms with Crippen LogP contribution in [0.3, 0.4) is 0 Å². The summed E-state index contributed by atoms with van der Waals surface area (Å²) >= 11 is 0. The molecule has 0 unspecified atom stereocenters. The summed E-state index contributed by atoms with van der Waals surface area (Å²) in [5.41, 5.74) is 3.18. The Morgan fingerprint density at radius 1 is 1.11 bits per heavy atom. The van der Waals surface area contributed by atoms with Gasteiger partial charge in [0.25, 0.3) is 5.91 Å². The summed E-state index contributed by atoms with van der Waals surface area (Å²) in [5.74, 6) is -0.898. The summed E-state index contributed by atoms with van der Waals surface area (Å²) in [6, 6.07) is 14.6. The predicted molar refractivity (Wildman–Crippen MR) is 176 cm³/mol. The van der Waals surface area contributed by atoms with Gasteiger partial charge in [0, 0.05) is 20.1 Å². The molecule has 2 aromatic carbocycles. The number of ether oxygens (including phenoxy) is 4. The number of nitrogens with one attached hydrogen (secondary N) is 1. The molecule has 0 aliphatic carbocycles. The first kappa shape index (κ1) is 35.7. The van der Waals surface area contributed by atoms with E-state index in [1.54, 1.807) is 38.5 Å². The fourth-order valence-electron chi connectivity index (χ4n) is 5.25. The summed E-state index contributed by atoms with van der Waals surface area (Å²) in [6.45, 7) is 9.40. The van der Waals surface area contributed by atoms with Crippen LogP contribution in [0, 0.1) is 11.3 Å². The Morgan fingerprint density at radius 3 is 2.53 bits per heavy atom. The maximum atomic E-state index is 13.3. The molecule has 12 heteroatoms. The molecular formula is C35H46N4O8. The van der Waals surface area contributed by atoms with Crippen LogP contribution < -0.4 is 11.1 Å². The molecule has 2 amide bonds. The van der Waals surface area contributed by atoms with Gasteiger partial charge in [-0.05, 0) is 62.4 Å². The SMILES string of the molecule is CCCCOCCn1c(=O)oc2ccc(-c3ccc(C[C@@H](C#N)NC(=O)[C@@H]4CN(C(=O)OC(C)(C)C)C[C@@H](OC)CCO4)cc3)cc21. The van der Waals surface area contributed by atoms with E-state index in [2.05, 4.69) is 18.3 Å². The highest BCUT2D eigenvalue weighted by Gasteiger charge is 2.33. The normalized spacial score (nSPS) is 17.8. The number of fused-ring (bicyclic) bond motifs is 1. The zero-order valence-corrected chi connectivity index (χ0v) is 28.0. The van der Waals surface area contributed by atoms with E-state index in [0.29, 0.717) is 37.3 Å². The summed E-state index contributed by atoms with van der Waals surface area (Å²) < 4.78 is 29.5. The van der Waals surface area contributed by atoms with Crippen molar-refractivity contribution in [2.24, 2.45) is 0 Å². The van der Waals surface area contributed by atoms with E-state index in [4.69, 9.17) is 23.4 Å². The minimum Gasteiger partial charge on any atom is -0.444 e. The Hall–Kier alpha value is -4.18. The van der Waals surface area contributed by atoms with Gasteiger partial charge in [0.15, 0.2) is 11.7 Å². The number of unbranched alkanes of at least 4 members (excludes halogenated alkanes) is 1. The molecule has 3 atom stereocenters. The second-order valence-electron chi connectivity index (χ2n) is 12.7. The van der Waals surface area contributed by atoms with Crippen LogP contribution in [0.25, 0.3) is 22.2 Å². The first-order valence-corrected chi connectivity index (χ1v) is 16.1. The van der Waals surface area contributed by atoms with E-state index in [1.165, 1.54) is 4.90 Å². The monoisotopic (exact) mass is 650 g/mol. The fraction of sp³-hybridized carbons (Fsp3) is 0.543. The standard InChI is InChI=1S/C35H46N4O8/c1-6-7-16-44-18-15-39-29-20-26(12-13-30(29)46-34(39)42)25-10-8-24(9-11-25)19-27(21-36)37-32(40)31-23-38(33(41)47-35(2,3)4)22-28(43-5)14-17-45-31/h8-13,20,27-28,31H,6-7,14-19,22-23H2,1-5H3,(H,37,40)/t27-,28-,31-/m0/s1. The van der Waals surface area contributed by atoms with Crippen LogP contribution in [-0.2, 0) is 36.7 Å². The van der Waals surface area contributed by atoms with Crippen molar-refractivity contribution in [2.45, 2.75) is 83.8 Å². The Balaban J connectivity index is 1.40. The molecule has 1 N–H and O–H groups in total. The highest BCUT2D eigenvalue weighted by Crippen LogP contribution is 2.25. The molecule has 2 heterocycles. The topological polar surface area (TPSA) is 145 Å². The summed E-state index contributed by atoms with van der Waals surface area (Å²) in [6.07, 6.45) is 0.985. The molecule has 1 aliphatic rings. The Morgan fingerprint density at radius 2 is 1.85 bits per heavy atom. The Bertz CT molecular complexity index is 1580. The number of rotatable bonds is 12. The number of carbonyl (C=O) groups excluding carboxylic acids is 2. The smallest absolute Gasteiger partial charge is 0.420 e. The number of nitriles is 1. The number of hydrogen-bond acceptors (Lipinski definition) is 9. The molecule has 1 saturated heterocycles. The van der Waals surface area contributed by atoms with Crippen LogP contribution in [-0.4, -0.2) is 85.3 Å². The van der Waals surface area contributed by atoms with Gasteiger partial charge >= 0.3 is 11.8 Å². The molecular weight excluding hydrogens is 604 g/mol. The van der Waals surface area contributed by atoms with E-state index in [0.717, 1.165) is 29.5 Å². The average molecular weight is 651 g/mol. The van der Waals surface area contributed by atoms with Crippen molar-refractivity contribution >= 4 is 23.1 Å². The van der Waals surface area contributed by atoms with Gasteiger partial charge in [0.05, 0.1) is 50.5 Å². The van der Waals surface area contributed by atoms with E-state index in [-0.39, 0.29) is 32.2 Å². The lowest BCUT2D eigenvalue weighted by molar-refractivity contribution is -0.137. The van der Waals surface area contributed by atoms with Gasteiger partial charge in [-0.2, -0.15) is 5.26 Å². The number of benzene rings is 2. The molecule has 0 radical (unpaired) electrons. The minimum absolute atomic E-state index is 0.0336. The van der Waals surface area contributed by atoms with Crippen molar-refractivity contribution in [1.29, 1.82) is 5.26 Å². The minimum atomic E-state index is -0.975. The number of oxazole rings is 1. The average Bonchev–Trinajstić information content (AvgIpc) is 3.34. The van der Waals surface area contributed by atoms with Crippen molar-refractivity contribution in [2.75, 3.05) is 40.0 Å². The number of aromatic nitrogens is 1. The van der Waals surface area contributed by atoms with Crippen LogP contribution in [0.1, 0.15) is 52.5 Å². The largest absolute Gasteiger partial charge is 0.444 e. The molecule has 0 bridgehead atoms. The summed E-state index contributed by atoms with van der Waals surface area (Å²) in [4.78, 5) is 40.1. The molecule has 1 fully saturated rings. The van der Waals surface area contributed by atoms with Gasteiger partial charge in [-0.25, -0.2) is 9.59 Å². The second-order valence-corrected chi connectivity index (χ2v) is 12.7. The third-order valence-electron chi connectivity index (χ3n) is 7.81. The third kappa shape index (κ3) is 10.2. The van der Waals surface area contributed by atoms with Gasteiger partial charge in [0.2, 0.25) is 0 Å². The Labute approximate surface area is 275 Å². The lowest BCUT2D eigenvalue weighted by Gasteiger charge is -2.34. The molecule has 12 nitrogen and oxygen atoms in total. The van der Waals surface area contributed by atoms with E-state index in [1.807, 2.05) is 36.4 Å². The van der Waals surface area contributed by atoms with Crippen molar-refractivity contribution < 1.29 is 33.0 Å². The first-order chi connectivity index (χ1) is 22.5. The van der Waals surface area contributed by atoms with Crippen molar-refractivity contribution in [3.05, 3.63) is 58.6 Å². The van der Waals surface area contributed by atoms with Crippen molar-refractivity contribution in [3.8, 4) is 17.2 Å². The van der Waals surface area contributed by atoms with Crippen molar-refractivity contribution in [3.63, 3.8) is 0 Å². The number of carbonyl (C=O) groups is 2. The van der Waals surface area contributed by atoms with Crippen LogP contribution in [0.5, 0.6) is 0 Å². The zero-order valence-electron chi connectivity index (χ0n) is 28.0. The highest BCUT2D eigenvalue weighted by molar-refractivity contribution is 5.83. The summed E-state index contributed by atoms with van der Waals surface area (Å²) in [7, 11) is 1.57. The molecule has 47 heavy (non-hydrogen) atoms. The van der Waals surface area contributed by atoms with Gasteiger partial charge < -0.3 is 33.6 Å². The van der Waals surface area contributed by atoms with Gasteiger partial charge in [0.1, 0.15) is 11.6 Å². The fourth-order valence-corrected chi connectivity index (χ4v) is 5.25. The number of nitrogens with zero attached hydrogens (tertiary/aromatic N) is 3. The maximum absolute atomic E-state index is 13.3. The second kappa shape index (κ2) is 16.6. The highest BCUT2D eigenvalue weighted by atomic mass is 16.6. The van der Waals surface area contributed by atoms with E-state index < -0.39 is 35.5 Å². The Kier molecular flexibility index (Phi) is 12.6. The van der Waals surface area contributed by atoms with Crippen LogP contribution >= 0.6 is 0 Å². The predicted octanol–water partition coefficient (Wildman–Crippen LogP) is 4.67. The van der Waals surface area contributed by atoms with Crippen LogP contribution in [0.15, 0.2) is 51.7 Å². The maximum Gasteiger partial charge on any atom is 0.420 e. The van der Waals surface area contributed by atoms with Gasteiger partial charge in [-0.3, -0.25) is 9.36 Å². The van der Waals surface area contributed by atoms with Gasteiger partial charge in [-0.1, -0.05) is 43.7 Å². The first-order valence-electron chi connectivity index (χ1n) is 16.1. The van der Waals surface area contributed by atoms with Gasteiger partial charge in [-0.15, -0.1) is 0 Å². The molecule has 1 aliphatic heterocycles. The zero-order chi connectivity index (χ0) is 34.0. The quantitative estimate of drug-likeness (QED) is 0.277. The van der Waals surface area contributed by atoms with Crippen LogP contribution in [0.4, 0.5) is 4.79 Å². The molecule has 0 spiro atoms.